The number of carbonyl (C=O) groups is 7. The third-order valence-corrected chi connectivity index (χ3v) is 13.9. The Labute approximate surface area is 308 Å². The van der Waals surface area contributed by atoms with E-state index in [4.69, 9.17) is 5.73 Å². The van der Waals surface area contributed by atoms with E-state index in [1.165, 1.54) is 0 Å². The second-order valence-corrected chi connectivity index (χ2v) is 18.5. The molecule has 6 atom stereocenters. The van der Waals surface area contributed by atoms with Crippen molar-refractivity contribution in [3.05, 3.63) is 0 Å². The van der Waals surface area contributed by atoms with Gasteiger partial charge in [0.15, 0.2) is 5.78 Å². The van der Waals surface area contributed by atoms with Gasteiger partial charge in [-0.05, 0) is 66.6 Å². The number of Topliss-reactive ketones (excluding diaryl/α,β-unsaturated/α-hetero) is 2. The molecule has 1 heterocycles. The van der Waals surface area contributed by atoms with Crippen molar-refractivity contribution in [3.63, 3.8) is 0 Å². The lowest BCUT2D eigenvalue weighted by molar-refractivity contribution is -0.143. The number of likely N-dealkylation sites (tertiary alicyclic amines) is 1. The molecule has 0 bridgehead atoms. The highest BCUT2D eigenvalue weighted by atomic mass is 16.2. The van der Waals surface area contributed by atoms with Gasteiger partial charge in [0, 0.05) is 30.8 Å². The Bertz CT molecular complexity index is 1460. The largest absolute Gasteiger partial charge is 0.363 e. The maximum atomic E-state index is 14.8. The number of amides is 6. The SMILES string of the molecule is CC(C)[C@@H](CC(=O)NC1CCCCC1=O)NC(=O)N[C@H](C(=O)N1C[C@]2(C[C@H]1C(=O)NC(CC1CCC1)C(=O)C(N)=O)C(C)(C)C21CCC1)C(C)(C)C. The number of ketones is 2. The standard InChI is InChI=1S/C39H62N6O7/c1-22(2)25(19-29(47)41-24-14-8-9-15-28(24)46)43-35(52)44-31(36(3,4)5)34(51)45-21-39(37(6,7)38(39)16-11-17-38)20-27(45)33(50)42-26(30(48)32(40)49)18-23-12-10-13-23/h22-27,31H,8-21H2,1-7H3,(H2,40,49)(H,41,47)(H,42,50)(H2,43,44,52)/t24?,25-,26?,27+,31-,39-/m1/s1. The number of nitrogens with one attached hydrogen (secondary N) is 4. The van der Waals surface area contributed by atoms with Crippen LogP contribution in [0.15, 0.2) is 0 Å². The zero-order valence-electron chi connectivity index (χ0n) is 32.3. The van der Waals surface area contributed by atoms with Gasteiger partial charge < -0.3 is 31.9 Å². The van der Waals surface area contributed by atoms with Gasteiger partial charge >= 0.3 is 6.03 Å². The first-order valence-electron chi connectivity index (χ1n) is 19.6. The van der Waals surface area contributed by atoms with Gasteiger partial charge in [-0.2, -0.15) is 0 Å². The predicted molar refractivity (Wildman–Crippen MR) is 194 cm³/mol. The zero-order chi connectivity index (χ0) is 38.4. The van der Waals surface area contributed by atoms with Crippen molar-refractivity contribution in [2.24, 2.45) is 39.2 Å². The highest BCUT2D eigenvalue weighted by molar-refractivity contribution is 6.37. The van der Waals surface area contributed by atoms with Crippen LogP contribution in [0.1, 0.15) is 132 Å². The van der Waals surface area contributed by atoms with Crippen molar-refractivity contribution in [2.45, 2.75) is 162 Å². The fraction of sp³-hybridized carbons (Fsp3) is 0.821. The van der Waals surface area contributed by atoms with Crippen LogP contribution in [0, 0.1) is 33.5 Å². The molecule has 13 nitrogen and oxygen atoms in total. The number of nitrogens with two attached hydrogens (primary N) is 1. The molecule has 6 amide bonds. The molecule has 290 valence electrons. The molecule has 0 aromatic rings. The first-order valence-corrected chi connectivity index (χ1v) is 19.6. The third-order valence-electron chi connectivity index (χ3n) is 13.9. The molecular weight excluding hydrogens is 664 g/mol. The average Bonchev–Trinajstić information content (AvgIpc) is 3.23. The van der Waals surface area contributed by atoms with Crippen LogP contribution in [0.25, 0.3) is 0 Å². The molecule has 4 aliphatic carbocycles. The minimum Gasteiger partial charge on any atom is -0.363 e. The molecule has 0 aromatic heterocycles. The van der Waals surface area contributed by atoms with Gasteiger partial charge in [0.25, 0.3) is 5.91 Å². The van der Waals surface area contributed by atoms with E-state index in [9.17, 15) is 33.6 Å². The maximum Gasteiger partial charge on any atom is 0.315 e. The normalized spacial score (nSPS) is 27.9. The van der Waals surface area contributed by atoms with E-state index < -0.39 is 65.2 Å². The highest BCUT2D eigenvalue weighted by Gasteiger charge is 2.85. The van der Waals surface area contributed by atoms with Crippen molar-refractivity contribution in [1.82, 2.24) is 26.2 Å². The molecule has 2 spiro atoms. The summed E-state index contributed by atoms with van der Waals surface area (Å²) in [5, 5.41) is 11.5. The number of hydrogen-bond acceptors (Lipinski definition) is 7. The summed E-state index contributed by atoms with van der Waals surface area (Å²) in [4.78, 5) is 94.4. The van der Waals surface area contributed by atoms with Crippen LogP contribution in [-0.4, -0.2) is 82.9 Å². The van der Waals surface area contributed by atoms with Crippen LogP contribution in [0.3, 0.4) is 0 Å². The summed E-state index contributed by atoms with van der Waals surface area (Å²) >= 11 is 0. The summed E-state index contributed by atoms with van der Waals surface area (Å²) in [6.45, 7) is 14.1. The summed E-state index contributed by atoms with van der Waals surface area (Å²) in [6, 6.07) is -4.67. The first-order chi connectivity index (χ1) is 24.2. The van der Waals surface area contributed by atoms with Crippen LogP contribution >= 0.6 is 0 Å². The van der Waals surface area contributed by atoms with Gasteiger partial charge in [0.2, 0.25) is 23.5 Å². The Balaban J connectivity index is 1.34. The summed E-state index contributed by atoms with van der Waals surface area (Å²) in [6.07, 6.45) is 9.47. The van der Waals surface area contributed by atoms with Gasteiger partial charge in [-0.1, -0.05) is 80.6 Å². The van der Waals surface area contributed by atoms with Crippen molar-refractivity contribution in [1.29, 1.82) is 0 Å². The topological polar surface area (TPSA) is 197 Å². The fourth-order valence-electron chi connectivity index (χ4n) is 9.99. The molecule has 4 saturated carbocycles. The Morgan fingerprint density at radius 2 is 1.58 bits per heavy atom. The van der Waals surface area contributed by atoms with Crippen LogP contribution < -0.4 is 27.0 Å². The molecule has 2 unspecified atom stereocenters. The summed E-state index contributed by atoms with van der Waals surface area (Å²) in [5.41, 5.74) is 4.23. The smallest absolute Gasteiger partial charge is 0.315 e. The Hall–Kier alpha value is -3.51. The van der Waals surface area contributed by atoms with E-state index in [1.807, 2.05) is 34.6 Å². The van der Waals surface area contributed by atoms with Crippen LogP contribution in [0.2, 0.25) is 0 Å². The van der Waals surface area contributed by atoms with Gasteiger partial charge in [-0.15, -0.1) is 0 Å². The number of primary amides is 1. The minimum atomic E-state index is -1.10. The van der Waals surface area contributed by atoms with Gasteiger partial charge in [0.05, 0.1) is 12.1 Å². The number of urea groups is 1. The van der Waals surface area contributed by atoms with Crippen molar-refractivity contribution in [3.8, 4) is 0 Å². The third kappa shape index (κ3) is 7.34. The number of hydrogen-bond donors (Lipinski definition) is 5. The van der Waals surface area contributed by atoms with Crippen LogP contribution in [0.5, 0.6) is 0 Å². The summed E-state index contributed by atoms with van der Waals surface area (Å²) in [5.74, 6) is -3.02. The second-order valence-electron chi connectivity index (χ2n) is 18.5. The molecule has 6 N–H and O–H groups in total. The Kier molecular flexibility index (Phi) is 11.2. The van der Waals surface area contributed by atoms with Gasteiger partial charge in [0.1, 0.15) is 12.1 Å². The number of fused-ring (bicyclic) bond motifs is 1. The molecule has 1 saturated heterocycles. The number of rotatable bonds is 13. The van der Waals surface area contributed by atoms with E-state index in [-0.39, 0.29) is 46.2 Å². The minimum absolute atomic E-state index is 0.0112. The number of nitrogens with zero attached hydrogens (tertiary/aromatic N) is 1. The lowest BCUT2D eigenvalue weighted by Gasteiger charge is -2.36. The molecule has 1 aliphatic heterocycles. The molecule has 5 fully saturated rings. The molecule has 0 aromatic carbocycles. The van der Waals surface area contributed by atoms with E-state index in [0.717, 1.165) is 51.4 Å². The van der Waals surface area contributed by atoms with E-state index in [2.05, 4.69) is 35.1 Å². The lowest BCUT2D eigenvalue weighted by atomic mass is 9.73. The average molecular weight is 727 g/mol. The molecule has 5 rings (SSSR count). The van der Waals surface area contributed by atoms with Gasteiger partial charge in [-0.3, -0.25) is 28.8 Å². The molecule has 0 radical (unpaired) electrons. The summed E-state index contributed by atoms with van der Waals surface area (Å²) in [7, 11) is 0. The van der Waals surface area contributed by atoms with E-state index in [1.54, 1.807) is 4.90 Å². The molecule has 5 aliphatic rings. The van der Waals surface area contributed by atoms with Crippen molar-refractivity contribution in [2.75, 3.05) is 6.54 Å². The fourth-order valence-corrected chi connectivity index (χ4v) is 9.99. The maximum absolute atomic E-state index is 14.8. The molecular formula is C39H62N6O7. The quantitative estimate of drug-likeness (QED) is 0.180. The van der Waals surface area contributed by atoms with Crippen molar-refractivity contribution < 1.29 is 33.6 Å². The monoisotopic (exact) mass is 726 g/mol. The van der Waals surface area contributed by atoms with Crippen LogP contribution in [-0.2, 0) is 28.8 Å². The molecule has 13 heteroatoms. The van der Waals surface area contributed by atoms with Crippen LogP contribution in [0.4, 0.5) is 4.79 Å². The number of carbonyl (C=O) groups excluding carboxylic acids is 7. The Morgan fingerprint density at radius 1 is 0.904 bits per heavy atom. The van der Waals surface area contributed by atoms with Gasteiger partial charge in [-0.25, -0.2) is 4.79 Å². The van der Waals surface area contributed by atoms with E-state index in [0.29, 0.717) is 32.2 Å². The first kappa shape index (κ1) is 39.7. The Morgan fingerprint density at radius 3 is 2.08 bits per heavy atom. The summed E-state index contributed by atoms with van der Waals surface area (Å²) < 4.78 is 0. The highest BCUT2D eigenvalue weighted by Crippen LogP contribution is 2.88. The second kappa shape index (κ2) is 14.7. The van der Waals surface area contributed by atoms with E-state index >= 15 is 0 Å². The zero-order valence-corrected chi connectivity index (χ0v) is 32.3. The predicted octanol–water partition coefficient (Wildman–Crippen LogP) is 3.27. The molecule has 52 heavy (non-hydrogen) atoms. The lowest BCUT2D eigenvalue weighted by Crippen LogP contribution is -2.61. The van der Waals surface area contributed by atoms with Crippen molar-refractivity contribution >= 4 is 41.2 Å².